The maximum absolute atomic E-state index is 11.2. The molecule has 0 radical (unpaired) electrons. The molecule has 174 valence electrons. The summed E-state index contributed by atoms with van der Waals surface area (Å²) >= 11 is 0. The van der Waals surface area contributed by atoms with E-state index >= 15 is 0 Å². The molecule has 0 amide bonds. The largest absolute Gasteiger partial charge is 1.00 e. The normalized spacial score (nSPS) is 37.8. The molecule has 0 saturated heterocycles. The number of rotatable bonds is 5. The fourth-order valence-electron chi connectivity index (χ4n) is 8.19. The van der Waals surface area contributed by atoms with E-state index in [4.69, 9.17) is 4.42 Å². The first-order chi connectivity index (χ1) is 14.5. The average Bonchev–Trinajstić information content (AvgIpc) is 3.17. The van der Waals surface area contributed by atoms with Crippen LogP contribution in [0.1, 0.15) is 84.6 Å². The van der Waals surface area contributed by atoms with Gasteiger partial charge in [0, 0.05) is 0 Å². The van der Waals surface area contributed by atoms with Gasteiger partial charge in [-0.05, 0) is 103 Å². The summed E-state index contributed by atoms with van der Waals surface area (Å²) in [5.41, 5.74) is 2.89. The van der Waals surface area contributed by atoms with Crippen LogP contribution in [-0.4, -0.2) is 13.0 Å². The molecular formula is C25H37NaO5S. The van der Waals surface area contributed by atoms with Crippen LogP contribution >= 0.6 is 0 Å². The number of aryl methyl sites for hydroxylation is 1. The van der Waals surface area contributed by atoms with Gasteiger partial charge >= 0.3 is 29.6 Å². The van der Waals surface area contributed by atoms with E-state index in [-0.39, 0.29) is 40.9 Å². The van der Waals surface area contributed by atoms with E-state index in [9.17, 15) is 13.0 Å². The van der Waals surface area contributed by atoms with Gasteiger partial charge < -0.3 is 13.2 Å². The third-order valence-corrected chi connectivity index (χ3v) is 9.76. The van der Waals surface area contributed by atoms with Crippen molar-refractivity contribution in [2.75, 3.05) is 0 Å². The van der Waals surface area contributed by atoms with Crippen LogP contribution in [0, 0.1) is 34.0 Å². The Kier molecular flexibility index (Phi) is 7.74. The van der Waals surface area contributed by atoms with E-state index in [0.717, 1.165) is 49.2 Å². The molecule has 3 aliphatic rings. The summed E-state index contributed by atoms with van der Waals surface area (Å²) in [7, 11) is -4.74. The van der Waals surface area contributed by atoms with Crippen molar-refractivity contribution in [3.05, 3.63) is 36.0 Å². The minimum Gasteiger partial charge on any atom is -0.716 e. The monoisotopic (exact) mass is 472 g/mol. The summed E-state index contributed by atoms with van der Waals surface area (Å²) < 4.78 is 43.4. The smallest absolute Gasteiger partial charge is 0.716 e. The predicted octanol–water partition coefficient (Wildman–Crippen LogP) is 3.24. The zero-order chi connectivity index (χ0) is 22.5. The molecule has 0 N–H and O–H groups in total. The van der Waals surface area contributed by atoms with Crippen molar-refractivity contribution in [3.63, 3.8) is 0 Å². The zero-order valence-corrected chi connectivity index (χ0v) is 23.2. The molecule has 0 spiro atoms. The summed E-state index contributed by atoms with van der Waals surface area (Å²) in [5, 5.41) is 0. The number of hydrogen-bond donors (Lipinski definition) is 0. The van der Waals surface area contributed by atoms with Crippen LogP contribution in [0.2, 0.25) is 0 Å². The zero-order valence-electron chi connectivity index (χ0n) is 20.4. The Hall–Kier alpha value is -0.270. The molecule has 32 heavy (non-hydrogen) atoms. The molecule has 3 saturated carbocycles. The topological polar surface area (TPSA) is 79.6 Å². The molecule has 7 heteroatoms. The number of allylic oxidation sites excluding steroid dienone is 1. The number of furan rings is 1. The quantitative estimate of drug-likeness (QED) is 0.285. The first-order valence-electron chi connectivity index (χ1n) is 11.8. The van der Waals surface area contributed by atoms with Crippen molar-refractivity contribution in [1.29, 1.82) is 0 Å². The van der Waals surface area contributed by atoms with Crippen LogP contribution in [0.3, 0.4) is 0 Å². The van der Waals surface area contributed by atoms with Gasteiger partial charge in [-0.2, -0.15) is 0 Å². The van der Waals surface area contributed by atoms with Crippen LogP contribution in [-0.2, 0) is 21.0 Å². The Bertz CT molecular complexity index is 922. The van der Waals surface area contributed by atoms with Crippen LogP contribution < -0.4 is 29.6 Å². The molecule has 0 aromatic carbocycles. The summed E-state index contributed by atoms with van der Waals surface area (Å²) in [5.74, 6) is 1.52. The fourth-order valence-corrected chi connectivity index (χ4v) is 8.44. The van der Waals surface area contributed by atoms with Gasteiger partial charge in [0.25, 0.3) is 10.4 Å². The van der Waals surface area contributed by atoms with Gasteiger partial charge in [0.05, 0.1) is 12.5 Å². The van der Waals surface area contributed by atoms with E-state index in [1.807, 2.05) is 6.07 Å². The van der Waals surface area contributed by atoms with Gasteiger partial charge in [0.1, 0.15) is 6.26 Å². The number of hydrogen-bond acceptors (Lipinski definition) is 5. The molecule has 5 nitrogen and oxygen atoms in total. The molecule has 0 aliphatic heterocycles. The molecule has 1 heterocycles. The predicted molar refractivity (Wildman–Crippen MR) is 119 cm³/mol. The van der Waals surface area contributed by atoms with Crippen molar-refractivity contribution < 1.29 is 51.1 Å². The Morgan fingerprint density at radius 3 is 2.53 bits per heavy atom. The molecule has 1 aromatic heterocycles. The molecule has 0 bridgehead atoms. The summed E-state index contributed by atoms with van der Waals surface area (Å²) in [6.07, 6.45) is 14.6. The average molecular weight is 473 g/mol. The second-order valence-corrected chi connectivity index (χ2v) is 12.5. The van der Waals surface area contributed by atoms with Crippen molar-refractivity contribution >= 4 is 10.4 Å². The molecular weight excluding hydrogens is 435 g/mol. The Labute approximate surface area is 216 Å². The summed E-state index contributed by atoms with van der Waals surface area (Å²) in [4.78, 5) is 0. The van der Waals surface area contributed by atoms with E-state index < -0.39 is 10.4 Å². The Morgan fingerprint density at radius 1 is 1.12 bits per heavy atom. The van der Waals surface area contributed by atoms with Crippen molar-refractivity contribution in [1.82, 2.24) is 0 Å². The Morgan fingerprint density at radius 2 is 1.88 bits per heavy atom. The van der Waals surface area contributed by atoms with E-state index in [0.29, 0.717) is 16.7 Å². The van der Waals surface area contributed by atoms with Crippen LogP contribution in [0.5, 0.6) is 0 Å². The molecule has 2 unspecified atom stereocenters. The Balaban J connectivity index is 0.00000289. The van der Waals surface area contributed by atoms with Gasteiger partial charge in [0.15, 0.2) is 0 Å². The second-order valence-electron chi connectivity index (χ2n) is 11.5. The van der Waals surface area contributed by atoms with Crippen molar-refractivity contribution in [3.8, 4) is 0 Å². The van der Waals surface area contributed by atoms with Gasteiger partial charge in [-0.3, -0.25) is 0 Å². The summed E-state index contributed by atoms with van der Waals surface area (Å²) in [6, 6.07) is 1.99. The van der Waals surface area contributed by atoms with Gasteiger partial charge in [0.2, 0.25) is 0 Å². The summed E-state index contributed by atoms with van der Waals surface area (Å²) in [6.45, 7) is 9.85. The third-order valence-electron chi connectivity index (χ3n) is 9.42. The molecule has 4 rings (SSSR count). The number of fused-ring (bicyclic) bond motifs is 3. The van der Waals surface area contributed by atoms with Crippen LogP contribution in [0.15, 0.2) is 34.8 Å². The van der Waals surface area contributed by atoms with E-state index in [2.05, 4.69) is 31.9 Å². The first kappa shape index (κ1) is 26.3. The standard InChI is InChI=1S/C25H38O5S.Na/c1-23(2)12-5-13-25(4)21(23)10-14-24(3)20(8-6-18-11-15-29-16-18)19(7-9-22(24)25)17-30-31(26,27)28;/h11,15-17,20-22H,5-10,12-14H2,1-4H3,(H,26,27,28);/q;+1/p-1/b19-17+;/t20-,21?,22?,24+,25-;/m0./s1. The molecule has 1 aromatic rings. The van der Waals surface area contributed by atoms with Gasteiger partial charge in [-0.1, -0.05) is 34.1 Å². The molecule has 3 aliphatic carbocycles. The second kappa shape index (κ2) is 9.41. The molecule has 5 atom stereocenters. The third kappa shape index (κ3) is 4.91. The van der Waals surface area contributed by atoms with Crippen molar-refractivity contribution in [2.24, 2.45) is 34.0 Å². The van der Waals surface area contributed by atoms with Crippen molar-refractivity contribution in [2.45, 2.75) is 85.5 Å². The van der Waals surface area contributed by atoms with Gasteiger partial charge in [-0.25, -0.2) is 8.42 Å². The van der Waals surface area contributed by atoms with E-state index in [1.54, 1.807) is 12.5 Å². The maximum Gasteiger partial charge on any atom is 1.00 e. The minimum absolute atomic E-state index is 0. The molecule has 3 fully saturated rings. The van der Waals surface area contributed by atoms with Crippen LogP contribution in [0.4, 0.5) is 0 Å². The van der Waals surface area contributed by atoms with Crippen LogP contribution in [0.25, 0.3) is 0 Å². The van der Waals surface area contributed by atoms with E-state index in [1.165, 1.54) is 31.9 Å². The minimum atomic E-state index is -4.74. The maximum atomic E-state index is 11.2. The SMILES string of the molecule is CC1(C)CCC[C@@]2(C)C1CC[C@@]1(C)C2CC/C(=C\OS(=O)(=O)[O-])[C@@H]1CCc1ccoc1.[Na+]. The first-order valence-corrected chi connectivity index (χ1v) is 13.1. The fraction of sp³-hybridized carbons (Fsp3) is 0.760. The van der Waals surface area contributed by atoms with Gasteiger partial charge in [-0.15, -0.1) is 0 Å².